The van der Waals surface area contributed by atoms with Gasteiger partial charge in [-0.25, -0.2) is 9.97 Å². The van der Waals surface area contributed by atoms with Gasteiger partial charge in [-0.2, -0.15) is 5.26 Å². The van der Waals surface area contributed by atoms with E-state index in [-0.39, 0.29) is 0 Å². The van der Waals surface area contributed by atoms with Crippen LogP contribution in [-0.4, -0.2) is 23.7 Å². The molecule has 0 aliphatic carbocycles. The molecular formula is C83H46N6O3. The van der Waals surface area contributed by atoms with Crippen molar-refractivity contribution in [1.82, 2.24) is 23.7 Å². The molecule has 9 nitrogen and oxygen atoms in total. The zero-order valence-corrected chi connectivity index (χ0v) is 49.0. The van der Waals surface area contributed by atoms with E-state index in [9.17, 15) is 5.26 Å². The first-order valence-electron chi connectivity index (χ1n) is 30.8. The highest BCUT2D eigenvalue weighted by atomic mass is 16.3. The summed E-state index contributed by atoms with van der Waals surface area (Å²) in [5.74, 6) is 1.52. The van der Waals surface area contributed by atoms with Gasteiger partial charge in [-0.15, -0.1) is 0 Å². The van der Waals surface area contributed by atoms with Crippen molar-refractivity contribution in [3.05, 3.63) is 285 Å². The molecule has 0 bridgehead atoms. The Balaban J connectivity index is 0.998. The van der Waals surface area contributed by atoms with Crippen LogP contribution in [0.25, 0.3) is 193 Å². The van der Waals surface area contributed by atoms with Gasteiger partial charge < -0.3 is 17.8 Å². The lowest BCUT2D eigenvalue weighted by atomic mass is 9.80. The maximum absolute atomic E-state index is 12.9. The Hall–Kier alpha value is -12.8. The van der Waals surface area contributed by atoms with Gasteiger partial charge in [-0.05, 0) is 71.3 Å². The third-order valence-corrected chi connectivity index (χ3v) is 18.9. The molecule has 0 atom stereocenters. The zero-order valence-electron chi connectivity index (χ0n) is 49.0. The van der Waals surface area contributed by atoms with E-state index in [0.29, 0.717) is 34.3 Å². The predicted octanol–water partition coefficient (Wildman–Crippen LogP) is 22.0. The molecule has 20 aromatic rings. The monoisotopic (exact) mass is 1170 g/mol. The number of hydrogen-bond acceptors (Lipinski definition) is 6. The van der Waals surface area contributed by atoms with Crippen LogP contribution in [0.3, 0.4) is 0 Å². The van der Waals surface area contributed by atoms with Gasteiger partial charge in [-0.1, -0.05) is 200 Å². The van der Waals surface area contributed by atoms with E-state index in [1.807, 2.05) is 48.5 Å². The van der Waals surface area contributed by atoms with Crippen molar-refractivity contribution in [2.24, 2.45) is 0 Å². The summed E-state index contributed by atoms with van der Waals surface area (Å²) < 4.78 is 27.0. The number of nitriles is 1. The van der Waals surface area contributed by atoms with Crippen LogP contribution in [0.4, 0.5) is 0 Å². The van der Waals surface area contributed by atoms with Crippen molar-refractivity contribution in [3.63, 3.8) is 0 Å². The number of hydrogen-bond donors (Lipinski definition) is 0. The average Bonchev–Trinajstić information content (AvgIpc) is 1.41. The van der Waals surface area contributed by atoms with Crippen molar-refractivity contribution in [1.29, 1.82) is 5.26 Å². The molecule has 13 aromatic carbocycles. The molecule has 7 heterocycles. The summed E-state index contributed by atoms with van der Waals surface area (Å²) >= 11 is 0. The van der Waals surface area contributed by atoms with Gasteiger partial charge in [0.25, 0.3) is 0 Å². The fraction of sp³-hybridized carbons (Fsp3) is 0. The van der Waals surface area contributed by atoms with Crippen LogP contribution < -0.4 is 0 Å². The normalized spacial score (nSPS) is 12.1. The van der Waals surface area contributed by atoms with E-state index in [2.05, 4.69) is 250 Å². The van der Waals surface area contributed by atoms with Crippen molar-refractivity contribution in [2.75, 3.05) is 0 Å². The molecule has 0 spiro atoms. The van der Waals surface area contributed by atoms with Crippen molar-refractivity contribution in [3.8, 4) is 68.2 Å². The lowest BCUT2D eigenvalue weighted by Crippen LogP contribution is -2.11. The number of benzene rings is 13. The van der Waals surface area contributed by atoms with Gasteiger partial charge in [0, 0.05) is 111 Å². The van der Waals surface area contributed by atoms with Gasteiger partial charge in [0.15, 0.2) is 5.82 Å². The standard InChI is InChI=1S/C83H46N6O3/c84-47-63-81(79(49-24-6-2-7-25-49)78(48-22-4-1-5-23-48)80(50-26-8-3-9-27-50)82(63)89-66-36-18-12-30-53(66)59-42-62-56-33-15-21-39-72(56)92-75(62)45-69(59)89)83-85-76(87-64-34-16-10-28-51(64)57-40-60-54-31-13-19-37-70(54)90-73(60)43-67(57)87)46-77(86-83)88-65-35-17-11-29-52(65)58-41-61-55-32-14-20-38-71(55)91-74(61)44-68(58)88/h1-46H. The topological polar surface area (TPSA) is 104 Å². The predicted molar refractivity (Wildman–Crippen MR) is 373 cm³/mol. The maximum Gasteiger partial charge on any atom is 0.165 e. The highest BCUT2D eigenvalue weighted by Crippen LogP contribution is 2.53. The van der Waals surface area contributed by atoms with Crippen molar-refractivity contribution >= 4 is 131 Å². The molecule has 0 aliphatic heterocycles. The molecule has 0 amide bonds. The quantitative estimate of drug-likeness (QED) is 0.157. The van der Waals surface area contributed by atoms with Crippen LogP contribution >= 0.6 is 0 Å². The third-order valence-electron chi connectivity index (χ3n) is 18.9. The fourth-order valence-electron chi connectivity index (χ4n) is 15.0. The second-order valence-electron chi connectivity index (χ2n) is 23.8. The van der Waals surface area contributed by atoms with Crippen molar-refractivity contribution < 1.29 is 13.3 Å². The summed E-state index contributed by atoms with van der Waals surface area (Å²) in [7, 11) is 0. The summed E-state index contributed by atoms with van der Waals surface area (Å²) in [6.07, 6.45) is 0. The molecule has 0 N–H and O–H groups in total. The summed E-state index contributed by atoms with van der Waals surface area (Å²) in [5, 5.41) is 25.3. The first-order valence-corrected chi connectivity index (χ1v) is 30.8. The third kappa shape index (κ3) is 7.11. The van der Waals surface area contributed by atoms with Crippen LogP contribution in [-0.2, 0) is 0 Å². The van der Waals surface area contributed by atoms with E-state index in [0.717, 1.165) is 165 Å². The minimum absolute atomic E-state index is 0.345. The van der Waals surface area contributed by atoms with Gasteiger partial charge >= 0.3 is 0 Å². The molecule has 0 radical (unpaired) electrons. The molecule has 0 aliphatic rings. The molecule has 9 heteroatoms. The number of aromatic nitrogens is 5. The Labute approximate surface area is 523 Å². The van der Waals surface area contributed by atoms with Gasteiger partial charge in [-0.3, -0.25) is 9.13 Å². The number of para-hydroxylation sites is 6. The second kappa shape index (κ2) is 19.1. The lowest BCUT2D eigenvalue weighted by molar-refractivity contribution is 0.669. The lowest BCUT2D eigenvalue weighted by Gasteiger charge is -2.26. The zero-order chi connectivity index (χ0) is 60.3. The largest absolute Gasteiger partial charge is 0.456 e. The molecule has 0 saturated carbocycles. The van der Waals surface area contributed by atoms with E-state index < -0.39 is 0 Å². The SMILES string of the molecule is N#Cc1c(-c2nc(-n3c4ccccc4c4cc5c(cc43)oc3ccccc35)cc(-n3c4ccccc4c4cc5c(cc43)oc3ccccc35)n2)c(-c2ccccc2)c(-c2ccccc2)c(-c2ccccc2)c1-n1c2ccccc2c2cc3c(cc21)oc1ccccc13. The minimum atomic E-state index is 0.345. The first-order chi connectivity index (χ1) is 45.6. The van der Waals surface area contributed by atoms with Gasteiger partial charge in [0.05, 0.1) is 44.4 Å². The summed E-state index contributed by atoms with van der Waals surface area (Å²) in [6, 6.07) is 100. The Morgan fingerprint density at radius 2 is 0.587 bits per heavy atom. The Morgan fingerprint density at radius 3 is 0.989 bits per heavy atom. The first kappa shape index (κ1) is 50.3. The van der Waals surface area contributed by atoms with Crippen LogP contribution in [0.15, 0.2) is 292 Å². The molecule has 92 heavy (non-hydrogen) atoms. The highest BCUT2D eigenvalue weighted by Gasteiger charge is 2.33. The molecule has 426 valence electrons. The van der Waals surface area contributed by atoms with E-state index in [4.69, 9.17) is 23.2 Å². The summed E-state index contributed by atoms with van der Waals surface area (Å²) in [6.45, 7) is 0. The smallest absolute Gasteiger partial charge is 0.165 e. The molecule has 0 unspecified atom stereocenters. The van der Waals surface area contributed by atoms with Crippen LogP contribution in [0.5, 0.6) is 0 Å². The van der Waals surface area contributed by atoms with Crippen molar-refractivity contribution in [2.45, 2.75) is 0 Å². The maximum atomic E-state index is 12.9. The summed E-state index contributed by atoms with van der Waals surface area (Å²) in [5.41, 5.74) is 17.1. The van der Waals surface area contributed by atoms with Crippen LogP contribution in [0.2, 0.25) is 0 Å². The van der Waals surface area contributed by atoms with Crippen LogP contribution in [0.1, 0.15) is 5.56 Å². The van der Waals surface area contributed by atoms with E-state index >= 15 is 0 Å². The summed E-state index contributed by atoms with van der Waals surface area (Å²) in [4.78, 5) is 12.0. The highest BCUT2D eigenvalue weighted by molar-refractivity contribution is 6.21. The van der Waals surface area contributed by atoms with Gasteiger partial charge in [0.2, 0.25) is 0 Å². The Morgan fingerprint density at radius 1 is 0.261 bits per heavy atom. The molecule has 7 aromatic heterocycles. The van der Waals surface area contributed by atoms with E-state index in [1.54, 1.807) is 0 Å². The van der Waals surface area contributed by atoms with Gasteiger partial charge in [0.1, 0.15) is 51.2 Å². The number of furan rings is 3. The minimum Gasteiger partial charge on any atom is -0.456 e. The second-order valence-corrected chi connectivity index (χ2v) is 23.8. The molecular weight excluding hydrogens is 1130 g/mol. The fourth-order valence-corrected chi connectivity index (χ4v) is 15.0. The Bertz CT molecular complexity index is 6370. The number of rotatable bonds is 7. The number of nitrogens with zero attached hydrogens (tertiary/aromatic N) is 6. The average molecular weight is 1180 g/mol. The molecule has 20 rings (SSSR count). The number of fused-ring (bicyclic) bond motifs is 18. The molecule has 0 fully saturated rings. The van der Waals surface area contributed by atoms with E-state index in [1.165, 1.54) is 0 Å². The van der Waals surface area contributed by atoms with Crippen LogP contribution in [0, 0.1) is 11.3 Å². The molecule has 0 saturated heterocycles. The Kier molecular flexibility index (Phi) is 10.4.